The molecule has 0 amide bonds. The van der Waals surface area contributed by atoms with Gasteiger partial charge in [0.15, 0.2) is 5.65 Å². The van der Waals surface area contributed by atoms with E-state index in [4.69, 9.17) is 5.73 Å². The van der Waals surface area contributed by atoms with Gasteiger partial charge in [-0.15, -0.1) is 0 Å². The topological polar surface area (TPSA) is 67.6 Å². The molecule has 0 atom stereocenters. The number of aryl methyl sites for hydroxylation is 1. The maximum Gasteiger partial charge on any atom is 0.177 e. The Morgan fingerprint density at radius 3 is 2.79 bits per heavy atom. The number of nitrogens with two attached hydrogens (primary N) is 1. The Kier molecular flexibility index (Phi) is 3.01. The number of fused-ring (bicyclic) bond motifs is 1. The lowest BCUT2D eigenvalue weighted by molar-refractivity contribution is 0.976. The van der Waals surface area contributed by atoms with E-state index in [1.165, 1.54) is 5.56 Å². The van der Waals surface area contributed by atoms with E-state index in [0.29, 0.717) is 6.54 Å². The van der Waals surface area contributed by atoms with Crippen molar-refractivity contribution in [2.75, 3.05) is 0 Å². The molecule has 19 heavy (non-hydrogen) atoms. The second-order valence-electron chi connectivity index (χ2n) is 4.72. The van der Waals surface area contributed by atoms with Crippen LogP contribution in [0.5, 0.6) is 0 Å². The normalized spacial score (nSPS) is 11.1. The first kappa shape index (κ1) is 11.9. The molecule has 96 valence electrons. The molecule has 0 saturated heterocycles. The summed E-state index contributed by atoms with van der Waals surface area (Å²) in [5.41, 5.74) is 11.0. The number of hydrogen-bond acceptors (Lipinski definition) is 3. The molecule has 3 aromatic rings. The van der Waals surface area contributed by atoms with Crippen molar-refractivity contribution in [3.63, 3.8) is 0 Å². The molecule has 4 nitrogen and oxygen atoms in total. The Balaban J connectivity index is 1.96. The molecule has 4 heteroatoms. The Labute approximate surface area is 111 Å². The molecule has 1 aromatic carbocycles. The minimum Gasteiger partial charge on any atom is -0.340 e. The van der Waals surface area contributed by atoms with Crippen molar-refractivity contribution >= 4 is 11.2 Å². The molecule has 0 bridgehead atoms. The molecule has 0 fully saturated rings. The highest BCUT2D eigenvalue weighted by molar-refractivity contribution is 5.71. The molecule has 3 rings (SSSR count). The average molecular weight is 252 g/mol. The molecule has 0 aliphatic heterocycles. The Bertz CT molecular complexity index is 715. The van der Waals surface area contributed by atoms with Gasteiger partial charge >= 0.3 is 0 Å². The van der Waals surface area contributed by atoms with Crippen LogP contribution in [0.15, 0.2) is 36.5 Å². The lowest BCUT2D eigenvalue weighted by Gasteiger charge is -2.04. The first-order valence-corrected chi connectivity index (χ1v) is 6.34. The number of H-pyrrole nitrogens is 1. The van der Waals surface area contributed by atoms with Gasteiger partial charge in [0.2, 0.25) is 0 Å². The maximum atomic E-state index is 5.76. The highest BCUT2D eigenvalue weighted by Crippen LogP contribution is 2.15. The number of hydrogen-bond donors (Lipinski definition) is 2. The van der Waals surface area contributed by atoms with E-state index in [1.807, 2.05) is 25.3 Å². The van der Waals surface area contributed by atoms with Crippen LogP contribution in [0.2, 0.25) is 0 Å². The summed E-state index contributed by atoms with van der Waals surface area (Å²) in [6, 6.07) is 10.2. The van der Waals surface area contributed by atoms with Crippen LogP contribution in [-0.2, 0) is 13.0 Å². The summed E-state index contributed by atoms with van der Waals surface area (Å²) in [6.45, 7) is 2.57. The van der Waals surface area contributed by atoms with Crippen LogP contribution in [0.3, 0.4) is 0 Å². The number of nitrogens with zero attached hydrogens (tertiary/aromatic N) is 2. The van der Waals surface area contributed by atoms with Gasteiger partial charge in [-0.2, -0.15) is 0 Å². The second kappa shape index (κ2) is 4.82. The van der Waals surface area contributed by atoms with E-state index in [-0.39, 0.29) is 0 Å². The highest BCUT2D eigenvalue weighted by atomic mass is 15.0. The largest absolute Gasteiger partial charge is 0.340 e. The molecule has 0 aliphatic carbocycles. The fourth-order valence-electron chi connectivity index (χ4n) is 2.25. The third kappa shape index (κ3) is 2.35. The van der Waals surface area contributed by atoms with E-state index < -0.39 is 0 Å². The van der Waals surface area contributed by atoms with E-state index in [2.05, 4.69) is 33.2 Å². The first-order valence-electron chi connectivity index (χ1n) is 6.34. The molecule has 3 N–H and O–H groups in total. The summed E-state index contributed by atoms with van der Waals surface area (Å²) in [5.74, 6) is 0.925. The Morgan fingerprint density at radius 2 is 2.00 bits per heavy atom. The number of rotatable bonds is 3. The second-order valence-corrected chi connectivity index (χ2v) is 4.72. The zero-order valence-corrected chi connectivity index (χ0v) is 10.9. The lowest BCUT2D eigenvalue weighted by atomic mass is 10.0. The number of imidazole rings is 1. The predicted molar refractivity (Wildman–Crippen MR) is 75.8 cm³/mol. The van der Waals surface area contributed by atoms with E-state index in [1.54, 1.807) is 0 Å². The molecule has 0 aliphatic rings. The van der Waals surface area contributed by atoms with Crippen molar-refractivity contribution in [2.24, 2.45) is 5.73 Å². The minimum absolute atomic E-state index is 0.549. The van der Waals surface area contributed by atoms with Crippen LogP contribution in [-0.4, -0.2) is 15.0 Å². The number of aromatic amines is 1. The zero-order valence-electron chi connectivity index (χ0n) is 10.9. The third-order valence-electron chi connectivity index (χ3n) is 3.22. The summed E-state index contributed by atoms with van der Waals surface area (Å²) < 4.78 is 0. The lowest BCUT2D eigenvalue weighted by Crippen LogP contribution is -2.02. The van der Waals surface area contributed by atoms with Gasteiger partial charge in [-0.05, 0) is 29.7 Å². The Hall–Kier alpha value is -2.20. The molecule has 0 saturated carbocycles. The number of nitrogens with one attached hydrogen (secondary N) is 1. The molecule has 0 radical (unpaired) electrons. The van der Waals surface area contributed by atoms with Gasteiger partial charge in [0.1, 0.15) is 5.82 Å². The monoisotopic (exact) mass is 252 g/mol. The van der Waals surface area contributed by atoms with E-state index >= 15 is 0 Å². The number of benzene rings is 1. The van der Waals surface area contributed by atoms with Gasteiger partial charge < -0.3 is 10.7 Å². The van der Waals surface area contributed by atoms with Crippen molar-refractivity contribution < 1.29 is 0 Å². The van der Waals surface area contributed by atoms with Crippen LogP contribution >= 0.6 is 0 Å². The third-order valence-corrected chi connectivity index (χ3v) is 3.22. The van der Waals surface area contributed by atoms with Crippen molar-refractivity contribution in [3.05, 3.63) is 59.0 Å². The SMILES string of the molecule is Cc1cnc2nc(Cc3ccccc3CN)[nH]c2c1. The van der Waals surface area contributed by atoms with Gasteiger partial charge in [0, 0.05) is 19.2 Å². The molecule has 2 aromatic heterocycles. The van der Waals surface area contributed by atoms with Crippen LogP contribution in [0, 0.1) is 6.92 Å². The van der Waals surface area contributed by atoms with Crippen LogP contribution in [0.1, 0.15) is 22.5 Å². The van der Waals surface area contributed by atoms with Crippen molar-refractivity contribution in [2.45, 2.75) is 19.9 Å². The van der Waals surface area contributed by atoms with Crippen molar-refractivity contribution in [3.8, 4) is 0 Å². The fraction of sp³-hybridized carbons (Fsp3) is 0.200. The summed E-state index contributed by atoms with van der Waals surface area (Å²) in [5, 5.41) is 0. The fourth-order valence-corrected chi connectivity index (χ4v) is 2.25. The maximum absolute atomic E-state index is 5.76. The van der Waals surface area contributed by atoms with Gasteiger partial charge in [0.25, 0.3) is 0 Å². The number of pyridine rings is 1. The summed E-state index contributed by atoms with van der Waals surface area (Å²) in [7, 11) is 0. The summed E-state index contributed by atoms with van der Waals surface area (Å²) >= 11 is 0. The van der Waals surface area contributed by atoms with Gasteiger partial charge in [-0.3, -0.25) is 0 Å². The molecule has 0 spiro atoms. The standard InChI is InChI=1S/C15H16N4/c1-10-6-13-15(17-9-10)19-14(18-13)7-11-4-2-3-5-12(11)8-16/h2-6,9H,7-8,16H2,1H3,(H,17,18,19). The smallest absolute Gasteiger partial charge is 0.177 e. The quantitative estimate of drug-likeness (QED) is 0.751. The molecule has 2 heterocycles. The summed E-state index contributed by atoms with van der Waals surface area (Å²) in [4.78, 5) is 12.2. The van der Waals surface area contributed by atoms with Gasteiger partial charge in [0.05, 0.1) is 5.52 Å². The summed E-state index contributed by atoms with van der Waals surface area (Å²) in [6.07, 6.45) is 2.59. The zero-order chi connectivity index (χ0) is 13.2. The van der Waals surface area contributed by atoms with Crippen molar-refractivity contribution in [1.82, 2.24) is 15.0 Å². The minimum atomic E-state index is 0.549. The molecule has 0 unspecified atom stereocenters. The van der Waals surface area contributed by atoms with E-state index in [0.717, 1.165) is 34.5 Å². The van der Waals surface area contributed by atoms with Crippen LogP contribution in [0.25, 0.3) is 11.2 Å². The Morgan fingerprint density at radius 1 is 1.21 bits per heavy atom. The molecular formula is C15H16N4. The number of aromatic nitrogens is 3. The van der Waals surface area contributed by atoms with Crippen molar-refractivity contribution in [1.29, 1.82) is 0 Å². The van der Waals surface area contributed by atoms with Gasteiger partial charge in [-0.1, -0.05) is 24.3 Å². The van der Waals surface area contributed by atoms with Gasteiger partial charge in [-0.25, -0.2) is 9.97 Å². The first-order chi connectivity index (χ1) is 9.26. The van der Waals surface area contributed by atoms with Crippen LogP contribution in [0.4, 0.5) is 0 Å². The van der Waals surface area contributed by atoms with Crippen LogP contribution < -0.4 is 5.73 Å². The highest BCUT2D eigenvalue weighted by Gasteiger charge is 2.07. The predicted octanol–water partition coefficient (Wildman–Crippen LogP) is 2.32. The average Bonchev–Trinajstić information content (AvgIpc) is 2.80. The van der Waals surface area contributed by atoms with E-state index in [9.17, 15) is 0 Å². The molecular weight excluding hydrogens is 236 g/mol.